The highest BCUT2D eigenvalue weighted by Gasteiger charge is 2.16. The molecule has 0 aliphatic carbocycles. The van der Waals surface area contributed by atoms with E-state index >= 15 is 0 Å². The number of aromatic hydroxyl groups is 1. The number of non-ortho nitro benzene ring substituents is 1. The van der Waals surface area contributed by atoms with Gasteiger partial charge in [0.25, 0.3) is 11.2 Å². The molecule has 118 valence electrons. The van der Waals surface area contributed by atoms with E-state index in [2.05, 4.69) is 4.98 Å². The lowest BCUT2D eigenvalue weighted by molar-refractivity contribution is -0.384. The van der Waals surface area contributed by atoms with Crippen molar-refractivity contribution in [2.45, 2.75) is 13.8 Å². The number of aromatic nitrogens is 1. The van der Waals surface area contributed by atoms with Gasteiger partial charge in [0, 0.05) is 17.5 Å². The molecule has 0 radical (unpaired) electrons. The second kappa shape index (κ2) is 6.74. The molecule has 0 bridgehead atoms. The number of fused-ring (bicyclic) bond motifs is 1. The first-order valence-electron chi connectivity index (χ1n) is 6.95. The largest absolute Gasteiger partial charge is 0.506 e. The van der Waals surface area contributed by atoms with Crippen LogP contribution in [0, 0.1) is 17.0 Å². The van der Waals surface area contributed by atoms with Crippen LogP contribution in [0.5, 0.6) is 5.75 Å². The van der Waals surface area contributed by atoms with Gasteiger partial charge in [-0.3, -0.25) is 14.9 Å². The molecule has 0 amide bonds. The van der Waals surface area contributed by atoms with E-state index in [0.717, 1.165) is 0 Å². The summed E-state index contributed by atoms with van der Waals surface area (Å²) in [6.45, 7) is 3.52. The molecule has 0 spiro atoms. The smallest absolute Gasteiger partial charge is 0.270 e. The maximum atomic E-state index is 12.1. The van der Waals surface area contributed by atoms with Gasteiger partial charge in [-0.05, 0) is 25.5 Å². The predicted octanol–water partition coefficient (Wildman–Crippen LogP) is 3.60. The van der Waals surface area contributed by atoms with Crippen molar-refractivity contribution in [1.29, 1.82) is 0 Å². The summed E-state index contributed by atoms with van der Waals surface area (Å²) in [4.78, 5) is 25.2. The summed E-state index contributed by atoms with van der Waals surface area (Å²) in [5, 5.41) is 21.5. The van der Waals surface area contributed by atoms with Crippen LogP contribution >= 0.6 is 0 Å². The molecular weight excluding hydrogens is 296 g/mol. The summed E-state index contributed by atoms with van der Waals surface area (Å²) in [5.74, 6) is -0.272. The highest BCUT2D eigenvalue weighted by molar-refractivity contribution is 5.92. The van der Waals surface area contributed by atoms with Gasteiger partial charge in [0.1, 0.15) is 5.75 Å². The van der Waals surface area contributed by atoms with E-state index in [1.807, 2.05) is 19.1 Å². The molecule has 0 aliphatic heterocycles. The third kappa shape index (κ3) is 3.37. The van der Waals surface area contributed by atoms with Crippen LogP contribution in [0.4, 0.5) is 5.69 Å². The summed E-state index contributed by atoms with van der Waals surface area (Å²) in [6, 6.07) is 2.60. The molecule has 1 aromatic carbocycles. The number of nitrogens with zero attached hydrogens (tertiary/aromatic N) is 1. The SMILES string of the molecule is C\C=C/C=C\C=C\c1c(O)c2cc([N+](=O)[O-])cc(C)c2[nH]c1=O. The Labute approximate surface area is 132 Å². The lowest BCUT2D eigenvalue weighted by Crippen LogP contribution is -2.10. The van der Waals surface area contributed by atoms with Gasteiger partial charge < -0.3 is 10.1 Å². The van der Waals surface area contributed by atoms with Gasteiger partial charge in [0.2, 0.25) is 0 Å². The van der Waals surface area contributed by atoms with E-state index in [-0.39, 0.29) is 22.4 Å². The second-order valence-electron chi connectivity index (χ2n) is 4.93. The van der Waals surface area contributed by atoms with E-state index in [1.54, 1.807) is 25.2 Å². The third-order valence-electron chi connectivity index (χ3n) is 3.31. The molecule has 2 N–H and O–H groups in total. The maximum Gasteiger partial charge on any atom is 0.270 e. The highest BCUT2D eigenvalue weighted by Crippen LogP contribution is 2.31. The minimum Gasteiger partial charge on any atom is -0.506 e. The Morgan fingerprint density at radius 3 is 2.57 bits per heavy atom. The lowest BCUT2D eigenvalue weighted by atomic mass is 10.1. The first-order chi connectivity index (χ1) is 11.0. The van der Waals surface area contributed by atoms with E-state index in [0.29, 0.717) is 11.1 Å². The van der Waals surface area contributed by atoms with Gasteiger partial charge in [-0.15, -0.1) is 0 Å². The van der Waals surface area contributed by atoms with Crippen LogP contribution in [-0.2, 0) is 0 Å². The summed E-state index contributed by atoms with van der Waals surface area (Å²) in [7, 11) is 0. The molecule has 0 atom stereocenters. The molecule has 0 saturated carbocycles. The zero-order valence-electron chi connectivity index (χ0n) is 12.7. The van der Waals surface area contributed by atoms with E-state index in [9.17, 15) is 20.0 Å². The van der Waals surface area contributed by atoms with Crippen LogP contribution < -0.4 is 5.56 Å². The Morgan fingerprint density at radius 1 is 1.22 bits per heavy atom. The van der Waals surface area contributed by atoms with Crippen LogP contribution in [0.15, 0.2) is 47.3 Å². The van der Waals surface area contributed by atoms with Gasteiger partial charge in [0.15, 0.2) is 0 Å². The molecule has 0 fully saturated rings. The van der Waals surface area contributed by atoms with Crippen molar-refractivity contribution in [3.63, 3.8) is 0 Å². The number of aromatic amines is 1. The number of hydrogen-bond donors (Lipinski definition) is 2. The van der Waals surface area contributed by atoms with E-state index in [4.69, 9.17) is 0 Å². The van der Waals surface area contributed by atoms with Gasteiger partial charge in [-0.2, -0.15) is 0 Å². The number of aryl methyl sites for hydroxylation is 1. The fourth-order valence-electron chi connectivity index (χ4n) is 2.21. The predicted molar refractivity (Wildman–Crippen MR) is 90.6 cm³/mol. The lowest BCUT2D eigenvalue weighted by Gasteiger charge is -2.07. The average Bonchev–Trinajstić information content (AvgIpc) is 2.50. The second-order valence-corrected chi connectivity index (χ2v) is 4.93. The number of allylic oxidation sites excluding steroid dienone is 5. The number of H-pyrrole nitrogens is 1. The van der Waals surface area contributed by atoms with Crippen LogP contribution in [0.3, 0.4) is 0 Å². The number of pyridine rings is 1. The molecule has 0 aliphatic rings. The summed E-state index contributed by atoms with van der Waals surface area (Å²) < 4.78 is 0. The quantitative estimate of drug-likeness (QED) is 0.512. The van der Waals surface area contributed by atoms with E-state index in [1.165, 1.54) is 18.2 Å². The molecular formula is C17H16N2O4. The van der Waals surface area contributed by atoms with Crippen molar-refractivity contribution in [2.24, 2.45) is 0 Å². The summed E-state index contributed by atoms with van der Waals surface area (Å²) >= 11 is 0. The zero-order chi connectivity index (χ0) is 17.0. The summed E-state index contributed by atoms with van der Waals surface area (Å²) in [6.07, 6.45) is 10.2. The molecule has 6 nitrogen and oxygen atoms in total. The Bertz CT molecular complexity index is 905. The van der Waals surface area contributed by atoms with E-state index < -0.39 is 10.5 Å². The molecule has 2 aromatic rings. The van der Waals surface area contributed by atoms with Crippen molar-refractivity contribution in [3.05, 3.63) is 74.1 Å². The van der Waals surface area contributed by atoms with Gasteiger partial charge in [0.05, 0.1) is 16.0 Å². The number of nitrogens with one attached hydrogen (secondary N) is 1. The van der Waals surface area contributed by atoms with Crippen LogP contribution in [-0.4, -0.2) is 15.0 Å². The Balaban J connectivity index is 2.63. The maximum absolute atomic E-state index is 12.1. The van der Waals surface area contributed by atoms with Gasteiger partial charge in [-0.1, -0.05) is 30.4 Å². The molecule has 23 heavy (non-hydrogen) atoms. The first kappa shape index (κ1) is 16.2. The summed E-state index contributed by atoms with van der Waals surface area (Å²) in [5.41, 5.74) is 0.371. The fraction of sp³-hybridized carbons (Fsp3) is 0.118. The number of nitro benzene ring substituents is 1. The third-order valence-corrected chi connectivity index (χ3v) is 3.31. The standard InChI is InChI=1S/C17H16N2O4/c1-3-4-5-6-7-8-13-16(20)14-10-12(19(22)23)9-11(2)15(14)18-17(13)21/h3-10H,1-2H3,(H2,18,20,21)/b4-3-,6-5-,8-7+. The van der Waals surface area contributed by atoms with Crippen LogP contribution in [0.2, 0.25) is 0 Å². The monoisotopic (exact) mass is 312 g/mol. The zero-order valence-corrected chi connectivity index (χ0v) is 12.7. The van der Waals surface area contributed by atoms with Crippen LogP contribution in [0.1, 0.15) is 18.1 Å². The topological polar surface area (TPSA) is 96.2 Å². The molecule has 6 heteroatoms. The number of hydrogen-bond acceptors (Lipinski definition) is 4. The normalized spacial score (nSPS) is 12.1. The van der Waals surface area contributed by atoms with Crippen LogP contribution in [0.25, 0.3) is 17.0 Å². The van der Waals surface area contributed by atoms with Crippen molar-refractivity contribution >= 4 is 22.7 Å². The number of rotatable bonds is 4. The number of nitro groups is 1. The molecule has 0 unspecified atom stereocenters. The van der Waals surface area contributed by atoms with Gasteiger partial charge >= 0.3 is 0 Å². The molecule has 0 saturated heterocycles. The van der Waals surface area contributed by atoms with Crippen molar-refractivity contribution < 1.29 is 10.0 Å². The first-order valence-corrected chi connectivity index (χ1v) is 6.95. The molecule has 2 rings (SSSR count). The molecule has 1 heterocycles. The molecule has 1 aromatic heterocycles. The van der Waals surface area contributed by atoms with Crippen molar-refractivity contribution in [2.75, 3.05) is 0 Å². The Morgan fingerprint density at radius 2 is 1.91 bits per heavy atom. The minimum atomic E-state index is -0.535. The van der Waals surface area contributed by atoms with Crippen molar-refractivity contribution in [3.8, 4) is 5.75 Å². The Hall–Kier alpha value is -3.15. The van der Waals surface area contributed by atoms with Gasteiger partial charge in [-0.25, -0.2) is 0 Å². The average molecular weight is 312 g/mol. The fourth-order valence-corrected chi connectivity index (χ4v) is 2.21. The van der Waals surface area contributed by atoms with Crippen molar-refractivity contribution in [1.82, 2.24) is 4.98 Å². The Kier molecular flexibility index (Phi) is 4.75. The minimum absolute atomic E-state index is 0.0579. The highest BCUT2D eigenvalue weighted by atomic mass is 16.6. The number of benzene rings is 1.